The average Bonchev–Trinajstić information content (AvgIpc) is 2.69. The minimum absolute atomic E-state index is 0.156. The Bertz CT molecular complexity index is 780. The molecule has 26 heavy (non-hydrogen) atoms. The van der Waals surface area contributed by atoms with Crippen LogP contribution >= 0.6 is 0 Å². The lowest BCUT2D eigenvalue weighted by molar-refractivity contribution is 0.104. The standard InChI is InChI=1S/C21H24O5/c1-5-12-26-21-13-15(7-11-19(21)24-3)6-10-18(22)17-9-8-16(23-2)14-20(17)25-4/h6-11,13-14H,5,12H2,1-4H3/b10-6+. The van der Waals surface area contributed by atoms with Gasteiger partial charge in [0.05, 0.1) is 33.5 Å². The molecule has 2 aromatic carbocycles. The number of benzene rings is 2. The predicted molar refractivity (Wildman–Crippen MR) is 102 cm³/mol. The van der Waals surface area contributed by atoms with E-state index in [1.807, 2.05) is 25.1 Å². The maximum Gasteiger partial charge on any atom is 0.189 e. The molecule has 0 saturated carbocycles. The first kappa shape index (κ1) is 19.4. The molecular formula is C21H24O5. The van der Waals surface area contributed by atoms with Crippen molar-refractivity contribution in [3.05, 3.63) is 53.6 Å². The van der Waals surface area contributed by atoms with Crippen molar-refractivity contribution < 1.29 is 23.7 Å². The van der Waals surface area contributed by atoms with Crippen molar-refractivity contribution in [1.82, 2.24) is 0 Å². The Hall–Kier alpha value is -2.95. The smallest absolute Gasteiger partial charge is 0.189 e. The van der Waals surface area contributed by atoms with Gasteiger partial charge in [-0.3, -0.25) is 4.79 Å². The van der Waals surface area contributed by atoms with Crippen LogP contribution in [0.25, 0.3) is 6.08 Å². The fraction of sp³-hybridized carbons (Fsp3) is 0.286. The fourth-order valence-electron chi connectivity index (χ4n) is 2.39. The van der Waals surface area contributed by atoms with Crippen LogP contribution in [0.2, 0.25) is 0 Å². The molecular weight excluding hydrogens is 332 g/mol. The van der Waals surface area contributed by atoms with Crippen molar-refractivity contribution in [3.8, 4) is 23.0 Å². The molecule has 0 saturated heterocycles. The summed E-state index contributed by atoms with van der Waals surface area (Å²) in [6.07, 6.45) is 4.15. The second kappa shape index (κ2) is 9.51. The van der Waals surface area contributed by atoms with Gasteiger partial charge in [-0.05, 0) is 42.3 Å². The van der Waals surface area contributed by atoms with Crippen LogP contribution in [0.3, 0.4) is 0 Å². The van der Waals surface area contributed by atoms with Crippen LogP contribution < -0.4 is 18.9 Å². The topological polar surface area (TPSA) is 54.0 Å². The summed E-state index contributed by atoms with van der Waals surface area (Å²) < 4.78 is 21.4. The summed E-state index contributed by atoms with van der Waals surface area (Å²) >= 11 is 0. The Morgan fingerprint density at radius 3 is 2.35 bits per heavy atom. The molecule has 0 atom stereocenters. The summed E-state index contributed by atoms with van der Waals surface area (Å²) in [6, 6.07) is 10.6. The Morgan fingerprint density at radius 1 is 0.923 bits per heavy atom. The number of rotatable bonds is 9. The number of carbonyl (C=O) groups excluding carboxylic acids is 1. The van der Waals surface area contributed by atoms with Crippen LogP contribution in [0.15, 0.2) is 42.5 Å². The Balaban J connectivity index is 2.22. The predicted octanol–water partition coefficient (Wildman–Crippen LogP) is 4.40. The summed E-state index contributed by atoms with van der Waals surface area (Å²) in [7, 11) is 4.69. The summed E-state index contributed by atoms with van der Waals surface area (Å²) in [5.74, 6) is 2.28. The first-order chi connectivity index (χ1) is 12.6. The van der Waals surface area contributed by atoms with Gasteiger partial charge in [-0.1, -0.05) is 19.1 Å². The third kappa shape index (κ3) is 4.79. The molecule has 0 aromatic heterocycles. The van der Waals surface area contributed by atoms with Crippen LogP contribution in [0.5, 0.6) is 23.0 Å². The van der Waals surface area contributed by atoms with Crippen LogP contribution in [-0.2, 0) is 0 Å². The average molecular weight is 356 g/mol. The normalized spacial score (nSPS) is 10.6. The van der Waals surface area contributed by atoms with Crippen molar-refractivity contribution in [2.75, 3.05) is 27.9 Å². The molecule has 5 heteroatoms. The maximum absolute atomic E-state index is 12.5. The minimum atomic E-state index is -0.156. The van der Waals surface area contributed by atoms with E-state index < -0.39 is 0 Å². The number of hydrogen-bond donors (Lipinski definition) is 0. The van der Waals surface area contributed by atoms with E-state index in [1.54, 1.807) is 38.5 Å². The molecule has 0 aliphatic rings. The number of ketones is 1. The maximum atomic E-state index is 12.5. The van der Waals surface area contributed by atoms with Gasteiger partial charge in [-0.25, -0.2) is 0 Å². The van der Waals surface area contributed by atoms with Crippen LogP contribution in [0.4, 0.5) is 0 Å². The first-order valence-corrected chi connectivity index (χ1v) is 8.38. The highest BCUT2D eigenvalue weighted by molar-refractivity contribution is 6.08. The van der Waals surface area contributed by atoms with Crippen molar-refractivity contribution in [2.24, 2.45) is 0 Å². The molecule has 2 aromatic rings. The zero-order valence-corrected chi connectivity index (χ0v) is 15.6. The van der Waals surface area contributed by atoms with Crippen LogP contribution in [0.1, 0.15) is 29.3 Å². The van der Waals surface area contributed by atoms with Gasteiger partial charge in [-0.15, -0.1) is 0 Å². The van der Waals surface area contributed by atoms with Gasteiger partial charge in [0.1, 0.15) is 11.5 Å². The van der Waals surface area contributed by atoms with E-state index in [0.717, 1.165) is 12.0 Å². The second-order valence-electron chi connectivity index (χ2n) is 5.52. The summed E-state index contributed by atoms with van der Waals surface area (Å²) in [4.78, 5) is 12.5. The molecule has 0 aliphatic carbocycles. The summed E-state index contributed by atoms with van der Waals surface area (Å²) in [5.41, 5.74) is 1.32. The third-order valence-corrected chi connectivity index (χ3v) is 3.75. The van der Waals surface area contributed by atoms with Gasteiger partial charge in [0, 0.05) is 6.07 Å². The van der Waals surface area contributed by atoms with E-state index in [4.69, 9.17) is 18.9 Å². The van der Waals surface area contributed by atoms with Gasteiger partial charge in [0.2, 0.25) is 0 Å². The van der Waals surface area contributed by atoms with Gasteiger partial charge in [0.15, 0.2) is 17.3 Å². The molecule has 0 radical (unpaired) electrons. The highest BCUT2D eigenvalue weighted by Gasteiger charge is 2.11. The molecule has 138 valence electrons. The van der Waals surface area contributed by atoms with Crippen molar-refractivity contribution in [3.63, 3.8) is 0 Å². The minimum Gasteiger partial charge on any atom is -0.497 e. The monoisotopic (exact) mass is 356 g/mol. The Morgan fingerprint density at radius 2 is 1.69 bits per heavy atom. The zero-order valence-electron chi connectivity index (χ0n) is 15.6. The number of carbonyl (C=O) groups is 1. The zero-order chi connectivity index (χ0) is 18.9. The van der Waals surface area contributed by atoms with Crippen LogP contribution in [0, 0.1) is 0 Å². The number of allylic oxidation sites excluding steroid dienone is 1. The van der Waals surface area contributed by atoms with E-state index in [-0.39, 0.29) is 5.78 Å². The molecule has 0 unspecified atom stereocenters. The Kier molecular flexibility index (Phi) is 7.09. The molecule has 0 amide bonds. The van der Waals surface area contributed by atoms with E-state index in [2.05, 4.69) is 0 Å². The highest BCUT2D eigenvalue weighted by Crippen LogP contribution is 2.29. The van der Waals surface area contributed by atoms with Gasteiger partial charge >= 0.3 is 0 Å². The molecule has 0 N–H and O–H groups in total. The number of hydrogen-bond acceptors (Lipinski definition) is 5. The molecule has 0 fully saturated rings. The second-order valence-corrected chi connectivity index (χ2v) is 5.52. The quantitative estimate of drug-likeness (QED) is 0.492. The lowest BCUT2D eigenvalue weighted by atomic mass is 10.1. The molecule has 0 heterocycles. The van der Waals surface area contributed by atoms with Crippen molar-refractivity contribution >= 4 is 11.9 Å². The first-order valence-electron chi connectivity index (χ1n) is 8.38. The molecule has 2 rings (SSSR count). The molecule has 0 bridgehead atoms. The lowest BCUT2D eigenvalue weighted by Gasteiger charge is -2.10. The largest absolute Gasteiger partial charge is 0.497 e. The van der Waals surface area contributed by atoms with E-state index in [0.29, 0.717) is 35.2 Å². The van der Waals surface area contributed by atoms with Gasteiger partial charge in [-0.2, -0.15) is 0 Å². The third-order valence-electron chi connectivity index (χ3n) is 3.75. The molecule has 0 spiro atoms. The highest BCUT2D eigenvalue weighted by atomic mass is 16.5. The van der Waals surface area contributed by atoms with Crippen molar-refractivity contribution in [2.45, 2.75) is 13.3 Å². The van der Waals surface area contributed by atoms with Crippen molar-refractivity contribution in [1.29, 1.82) is 0 Å². The summed E-state index contributed by atoms with van der Waals surface area (Å²) in [6.45, 7) is 2.64. The number of ether oxygens (including phenoxy) is 4. The number of methoxy groups -OCH3 is 3. The fourth-order valence-corrected chi connectivity index (χ4v) is 2.39. The van der Waals surface area contributed by atoms with Gasteiger partial charge < -0.3 is 18.9 Å². The summed E-state index contributed by atoms with van der Waals surface area (Å²) in [5, 5.41) is 0. The molecule has 5 nitrogen and oxygen atoms in total. The SMILES string of the molecule is CCCOc1cc(/C=C/C(=O)c2ccc(OC)cc2OC)ccc1OC. The van der Waals surface area contributed by atoms with E-state index >= 15 is 0 Å². The van der Waals surface area contributed by atoms with E-state index in [9.17, 15) is 4.79 Å². The van der Waals surface area contributed by atoms with E-state index in [1.165, 1.54) is 13.2 Å². The lowest BCUT2D eigenvalue weighted by Crippen LogP contribution is -2.00. The Labute approximate surface area is 154 Å². The van der Waals surface area contributed by atoms with Crippen LogP contribution in [-0.4, -0.2) is 33.7 Å². The van der Waals surface area contributed by atoms with Gasteiger partial charge in [0.25, 0.3) is 0 Å². The molecule has 0 aliphatic heterocycles.